The Balaban J connectivity index is 1.76. The van der Waals surface area contributed by atoms with Gasteiger partial charge in [0.05, 0.1) is 11.3 Å². The molecule has 0 atom stereocenters. The molecular weight excluding hydrogens is 336 g/mol. The highest BCUT2D eigenvalue weighted by Crippen LogP contribution is 2.13. The van der Waals surface area contributed by atoms with E-state index in [9.17, 15) is 13.2 Å². The largest absolute Gasteiger partial charge is 0.355 e. The molecule has 0 spiro atoms. The lowest BCUT2D eigenvalue weighted by molar-refractivity contribution is -0.120. The smallest absolute Gasteiger partial charge is 0.240 e. The molecule has 0 fully saturated rings. The van der Waals surface area contributed by atoms with Crippen LogP contribution in [0, 0.1) is 0 Å². The van der Waals surface area contributed by atoms with Crippen LogP contribution in [0.4, 0.5) is 0 Å². The van der Waals surface area contributed by atoms with Crippen LogP contribution in [-0.2, 0) is 21.2 Å². The number of hydrogen-bond donors (Lipinski definition) is 2. The minimum atomic E-state index is -3.59. The fraction of sp³-hybridized carbons (Fsp3) is 0.188. The highest BCUT2D eigenvalue weighted by atomic mass is 35.5. The summed E-state index contributed by atoms with van der Waals surface area (Å²) in [5, 5.41) is 3.15. The predicted molar refractivity (Wildman–Crippen MR) is 89.8 cm³/mol. The number of halogens is 1. The molecule has 0 heterocycles. The summed E-state index contributed by atoms with van der Waals surface area (Å²) in [7, 11) is -3.59. The van der Waals surface area contributed by atoms with Crippen molar-refractivity contribution in [2.45, 2.75) is 11.3 Å². The number of carbonyl (C=O) groups is 1. The molecule has 0 unspecified atom stereocenters. The highest BCUT2D eigenvalue weighted by Gasteiger charge is 2.13. The Morgan fingerprint density at radius 3 is 2.26 bits per heavy atom. The van der Waals surface area contributed by atoms with Gasteiger partial charge in [0.1, 0.15) is 0 Å². The summed E-state index contributed by atoms with van der Waals surface area (Å²) in [5.41, 5.74) is 0.909. The fourth-order valence-electron chi connectivity index (χ4n) is 1.93. The van der Waals surface area contributed by atoms with Crippen molar-refractivity contribution < 1.29 is 13.2 Å². The molecule has 122 valence electrons. The average molecular weight is 353 g/mol. The van der Waals surface area contributed by atoms with Crippen molar-refractivity contribution >= 4 is 27.5 Å². The van der Waals surface area contributed by atoms with Crippen LogP contribution in [-0.4, -0.2) is 27.4 Å². The maximum absolute atomic E-state index is 12.0. The zero-order chi connectivity index (χ0) is 16.7. The normalized spacial score (nSPS) is 11.2. The van der Waals surface area contributed by atoms with E-state index < -0.39 is 10.0 Å². The third-order valence-corrected chi connectivity index (χ3v) is 4.80. The molecule has 2 N–H and O–H groups in total. The Bertz CT molecular complexity index is 747. The lowest BCUT2D eigenvalue weighted by Gasteiger charge is -2.08. The number of nitrogens with one attached hydrogen (secondary N) is 2. The molecule has 0 aromatic heterocycles. The molecule has 0 bridgehead atoms. The van der Waals surface area contributed by atoms with Gasteiger partial charge in [0, 0.05) is 18.1 Å². The van der Waals surface area contributed by atoms with Crippen LogP contribution >= 0.6 is 11.6 Å². The van der Waals surface area contributed by atoms with E-state index in [1.54, 1.807) is 0 Å². The van der Waals surface area contributed by atoms with Gasteiger partial charge < -0.3 is 5.32 Å². The SMILES string of the molecule is O=C(Cc1ccccc1)NCCNS(=O)(=O)c1ccc(Cl)cc1. The summed E-state index contributed by atoms with van der Waals surface area (Å²) in [5.74, 6) is -0.151. The number of benzene rings is 2. The van der Waals surface area contributed by atoms with Crippen molar-refractivity contribution in [1.82, 2.24) is 10.0 Å². The number of hydrogen-bond acceptors (Lipinski definition) is 3. The second-order valence-electron chi connectivity index (χ2n) is 4.86. The van der Waals surface area contributed by atoms with E-state index in [1.165, 1.54) is 24.3 Å². The van der Waals surface area contributed by atoms with Gasteiger partial charge in [0.15, 0.2) is 0 Å². The Morgan fingerprint density at radius 2 is 1.61 bits per heavy atom. The molecule has 2 rings (SSSR count). The summed E-state index contributed by atoms with van der Waals surface area (Å²) in [6.07, 6.45) is 0.269. The average Bonchev–Trinajstić information content (AvgIpc) is 2.53. The molecule has 2 aromatic carbocycles. The zero-order valence-corrected chi connectivity index (χ0v) is 13.9. The van der Waals surface area contributed by atoms with Crippen LogP contribution in [0.15, 0.2) is 59.5 Å². The third kappa shape index (κ3) is 5.67. The monoisotopic (exact) mass is 352 g/mol. The topological polar surface area (TPSA) is 75.3 Å². The molecule has 23 heavy (non-hydrogen) atoms. The minimum absolute atomic E-state index is 0.117. The van der Waals surface area contributed by atoms with Gasteiger partial charge in [0.25, 0.3) is 0 Å². The standard InChI is InChI=1S/C16H17ClN2O3S/c17-14-6-8-15(9-7-14)23(21,22)19-11-10-18-16(20)12-13-4-2-1-3-5-13/h1-9,19H,10-12H2,(H,18,20). The zero-order valence-electron chi connectivity index (χ0n) is 12.3. The Morgan fingerprint density at radius 1 is 0.957 bits per heavy atom. The quantitative estimate of drug-likeness (QED) is 0.748. The first-order chi connectivity index (χ1) is 11.0. The van der Waals surface area contributed by atoms with Crippen LogP contribution in [0.3, 0.4) is 0 Å². The number of sulfonamides is 1. The van der Waals surface area contributed by atoms with Crippen molar-refractivity contribution in [2.75, 3.05) is 13.1 Å². The van der Waals surface area contributed by atoms with Crippen molar-refractivity contribution in [1.29, 1.82) is 0 Å². The summed E-state index contributed by atoms with van der Waals surface area (Å²) in [6, 6.07) is 15.2. The number of carbonyl (C=O) groups excluding carboxylic acids is 1. The van der Waals surface area contributed by atoms with Gasteiger partial charge in [-0.25, -0.2) is 13.1 Å². The van der Waals surface area contributed by atoms with Gasteiger partial charge in [0.2, 0.25) is 15.9 Å². The van der Waals surface area contributed by atoms with E-state index in [0.29, 0.717) is 5.02 Å². The molecular formula is C16H17ClN2O3S. The summed E-state index contributed by atoms with van der Waals surface area (Å²) in [4.78, 5) is 11.9. The minimum Gasteiger partial charge on any atom is -0.355 e. The highest BCUT2D eigenvalue weighted by molar-refractivity contribution is 7.89. The van der Waals surface area contributed by atoms with Crippen molar-refractivity contribution in [3.63, 3.8) is 0 Å². The van der Waals surface area contributed by atoms with Crippen molar-refractivity contribution in [2.24, 2.45) is 0 Å². The Hall–Kier alpha value is -1.89. The number of amides is 1. The lowest BCUT2D eigenvalue weighted by atomic mass is 10.1. The summed E-state index contributed by atoms with van der Waals surface area (Å²) >= 11 is 5.73. The van der Waals surface area contributed by atoms with Crippen LogP contribution in [0.5, 0.6) is 0 Å². The van der Waals surface area contributed by atoms with Crippen molar-refractivity contribution in [3.05, 3.63) is 65.2 Å². The van der Waals surface area contributed by atoms with E-state index >= 15 is 0 Å². The van der Waals surface area contributed by atoms with Gasteiger partial charge in [-0.3, -0.25) is 4.79 Å². The van der Waals surface area contributed by atoms with Crippen molar-refractivity contribution in [3.8, 4) is 0 Å². The van der Waals surface area contributed by atoms with E-state index in [1.807, 2.05) is 30.3 Å². The molecule has 0 aliphatic heterocycles. The molecule has 5 nitrogen and oxygen atoms in total. The first-order valence-corrected chi connectivity index (χ1v) is 8.89. The van der Waals surface area contributed by atoms with Gasteiger partial charge >= 0.3 is 0 Å². The van der Waals surface area contributed by atoms with Crippen LogP contribution in [0.2, 0.25) is 5.02 Å². The van der Waals surface area contributed by atoms with Gasteiger partial charge in [-0.1, -0.05) is 41.9 Å². The van der Waals surface area contributed by atoms with E-state index in [2.05, 4.69) is 10.0 Å². The van der Waals surface area contributed by atoms with E-state index in [0.717, 1.165) is 5.56 Å². The first kappa shape index (κ1) is 17.5. The molecule has 0 radical (unpaired) electrons. The van der Waals surface area contributed by atoms with Gasteiger partial charge in [-0.15, -0.1) is 0 Å². The molecule has 0 saturated carbocycles. The Kier molecular flexibility index (Phi) is 6.15. The first-order valence-electron chi connectivity index (χ1n) is 7.03. The van der Waals surface area contributed by atoms with E-state index in [-0.39, 0.29) is 30.3 Å². The maximum Gasteiger partial charge on any atom is 0.240 e. The predicted octanol–water partition coefficient (Wildman–Crippen LogP) is 1.98. The number of rotatable bonds is 7. The van der Waals surface area contributed by atoms with Crippen LogP contribution in [0.1, 0.15) is 5.56 Å². The van der Waals surface area contributed by atoms with Crippen LogP contribution in [0.25, 0.3) is 0 Å². The molecule has 0 aliphatic carbocycles. The molecule has 1 amide bonds. The molecule has 7 heteroatoms. The van der Waals surface area contributed by atoms with Crippen LogP contribution < -0.4 is 10.0 Å². The summed E-state index contributed by atoms with van der Waals surface area (Å²) in [6.45, 7) is 0.337. The van der Waals surface area contributed by atoms with Gasteiger partial charge in [-0.05, 0) is 29.8 Å². The molecule has 0 saturated heterocycles. The Labute approximate surface area is 140 Å². The lowest BCUT2D eigenvalue weighted by Crippen LogP contribution is -2.35. The fourth-order valence-corrected chi connectivity index (χ4v) is 3.09. The second-order valence-corrected chi connectivity index (χ2v) is 7.07. The molecule has 2 aromatic rings. The third-order valence-electron chi connectivity index (χ3n) is 3.07. The second kappa shape index (κ2) is 8.10. The maximum atomic E-state index is 12.0. The summed E-state index contributed by atoms with van der Waals surface area (Å²) < 4.78 is 26.5. The molecule has 0 aliphatic rings. The van der Waals surface area contributed by atoms with E-state index in [4.69, 9.17) is 11.6 Å². The van der Waals surface area contributed by atoms with Gasteiger partial charge in [-0.2, -0.15) is 0 Å².